The molecule has 0 saturated carbocycles. The Labute approximate surface area is 217 Å². The minimum atomic E-state index is -0.994. The molecule has 6 heteroatoms. The summed E-state index contributed by atoms with van der Waals surface area (Å²) in [5.74, 6) is 0.426. The van der Waals surface area contributed by atoms with Crippen LogP contribution >= 0.6 is 0 Å². The van der Waals surface area contributed by atoms with Crippen LogP contribution < -0.4 is 19.7 Å². The van der Waals surface area contributed by atoms with Crippen molar-refractivity contribution in [2.75, 3.05) is 24.6 Å². The zero-order chi connectivity index (χ0) is 25.8. The van der Waals surface area contributed by atoms with Gasteiger partial charge in [-0.25, -0.2) is 4.79 Å². The van der Waals surface area contributed by atoms with Crippen LogP contribution in [-0.2, 0) is 4.79 Å². The molecule has 0 aliphatic carbocycles. The minimum absolute atomic E-state index is 0.00916. The van der Waals surface area contributed by atoms with Crippen LogP contribution in [0.5, 0.6) is 11.5 Å². The molecule has 190 valence electrons. The van der Waals surface area contributed by atoms with E-state index in [1.807, 2.05) is 43.3 Å². The topological polar surface area (TPSA) is 71.0 Å². The van der Waals surface area contributed by atoms with Crippen LogP contribution in [0.2, 0.25) is 0 Å². The Balaban J connectivity index is 1.31. The number of carboxylic acids is 1. The van der Waals surface area contributed by atoms with Gasteiger partial charge in [0.2, 0.25) is 0 Å². The van der Waals surface area contributed by atoms with Crippen molar-refractivity contribution in [2.24, 2.45) is 0 Å². The van der Waals surface area contributed by atoms with Gasteiger partial charge >= 0.3 is 5.97 Å². The summed E-state index contributed by atoms with van der Waals surface area (Å²) in [4.78, 5) is 13.3. The molecule has 0 spiro atoms. The molecule has 0 radical (unpaired) electrons. The van der Waals surface area contributed by atoms with Gasteiger partial charge in [0.05, 0.1) is 12.2 Å². The summed E-state index contributed by atoms with van der Waals surface area (Å²) in [6.07, 6.45) is 0.832. The first-order valence-electron chi connectivity index (χ1n) is 12.7. The van der Waals surface area contributed by atoms with E-state index < -0.39 is 5.97 Å². The van der Waals surface area contributed by atoms with Crippen molar-refractivity contribution in [1.29, 1.82) is 0 Å². The molecule has 2 N–H and O–H groups in total. The summed E-state index contributed by atoms with van der Waals surface area (Å²) in [5, 5.41) is 15.3. The number of ether oxygens (including phenoxy) is 2. The van der Waals surface area contributed by atoms with E-state index in [2.05, 4.69) is 65.7 Å². The van der Waals surface area contributed by atoms with Crippen molar-refractivity contribution in [3.63, 3.8) is 0 Å². The van der Waals surface area contributed by atoms with Gasteiger partial charge in [-0.15, -0.1) is 0 Å². The monoisotopic (exact) mass is 496 g/mol. The predicted octanol–water partition coefficient (Wildman–Crippen LogP) is 6.25. The second-order valence-electron chi connectivity index (χ2n) is 9.43. The van der Waals surface area contributed by atoms with Crippen LogP contribution in [0.25, 0.3) is 10.8 Å². The van der Waals surface area contributed by atoms with E-state index in [1.165, 1.54) is 16.3 Å². The standard InChI is InChI=1S/C31H32N2O4/c1-21-27(14-8-16-29(21)36-20-31(34)35)33-19-24(37-30-15-6-5-13-28(30)33)17-18-32-22(2)25-12-7-10-23-9-3-4-11-26(23)25/h3-16,22,24,32H,17-20H2,1-2H3,(H,34,35)/t22-,24?/m1/s1. The van der Waals surface area contributed by atoms with E-state index in [1.54, 1.807) is 0 Å². The van der Waals surface area contributed by atoms with E-state index >= 15 is 0 Å². The molecule has 0 saturated heterocycles. The predicted molar refractivity (Wildman–Crippen MR) is 147 cm³/mol. The molecule has 1 aliphatic rings. The van der Waals surface area contributed by atoms with Gasteiger partial charge in [0.15, 0.2) is 6.61 Å². The Kier molecular flexibility index (Phi) is 7.28. The third kappa shape index (κ3) is 5.39. The maximum absolute atomic E-state index is 11.0. The van der Waals surface area contributed by atoms with Crippen LogP contribution in [0.1, 0.15) is 30.5 Å². The lowest BCUT2D eigenvalue weighted by Gasteiger charge is -2.37. The van der Waals surface area contributed by atoms with E-state index in [4.69, 9.17) is 14.6 Å². The molecular weight excluding hydrogens is 464 g/mol. The maximum atomic E-state index is 11.0. The van der Waals surface area contributed by atoms with Gasteiger partial charge in [-0.05, 0) is 67.4 Å². The molecule has 0 fully saturated rings. The van der Waals surface area contributed by atoms with Crippen LogP contribution in [0.15, 0.2) is 84.9 Å². The smallest absolute Gasteiger partial charge is 0.341 e. The highest BCUT2D eigenvalue weighted by atomic mass is 16.5. The average Bonchev–Trinajstić information content (AvgIpc) is 2.91. The lowest BCUT2D eigenvalue weighted by Crippen LogP contribution is -2.39. The fraction of sp³-hybridized carbons (Fsp3) is 0.258. The summed E-state index contributed by atoms with van der Waals surface area (Å²) in [6, 6.07) is 29.0. The number of carboxylic acid groups (broad SMARTS) is 1. The zero-order valence-electron chi connectivity index (χ0n) is 21.2. The number of carbonyl (C=O) groups is 1. The summed E-state index contributed by atoms with van der Waals surface area (Å²) in [7, 11) is 0. The summed E-state index contributed by atoms with van der Waals surface area (Å²) in [5.41, 5.74) is 4.18. The Hall–Kier alpha value is -4.03. The average molecular weight is 497 g/mol. The van der Waals surface area contributed by atoms with Crippen LogP contribution in [-0.4, -0.2) is 36.9 Å². The lowest BCUT2D eigenvalue weighted by molar-refractivity contribution is -0.139. The Morgan fingerprint density at radius 3 is 2.62 bits per heavy atom. The Morgan fingerprint density at radius 1 is 1.03 bits per heavy atom. The van der Waals surface area contributed by atoms with Crippen molar-refractivity contribution in [1.82, 2.24) is 5.32 Å². The number of fused-ring (bicyclic) bond motifs is 2. The highest BCUT2D eigenvalue weighted by Crippen LogP contribution is 2.41. The second-order valence-corrected chi connectivity index (χ2v) is 9.43. The molecule has 6 nitrogen and oxygen atoms in total. The molecule has 1 heterocycles. The molecule has 0 amide bonds. The van der Waals surface area contributed by atoms with E-state index in [0.717, 1.165) is 35.7 Å². The van der Waals surface area contributed by atoms with Gasteiger partial charge < -0.3 is 24.8 Å². The lowest BCUT2D eigenvalue weighted by atomic mass is 9.99. The third-order valence-corrected chi connectivity index (χ3v) is 6.94. The normalized spacial score (nSPS) is 15.6. The fourth-order valence-corrected chi connectivity index (χ4v) is 5.07. The molecule has 1 aliphatic heterocycles. The number of hydrogen-bond donors (Lipinski definition) is 2. The first-order valence-corrected chi connectivity index (χ1v) is 12.7. The molecule has 0 aromatic heterocycles. The highest BCUT2D eigenvalue weighted by molar-refractivity contribution is 5.86. The quantitative estimate of drug-likeness (QED) is 0.285. The maximum Gasteiger partial charge on any atom is 0.341 e. The summed E-state index contributed by atoms with van der Waals surface area (Å²) in [6.45, 7) is 5.30. The van der Waals surface area contributed by atoms with Gasteiger partial charge in [0.25, 0.3) is 0 Å². The van der Waals surface area contributed by atoms with Crippen LogP contribution in [0.3, 0.4) is 0 Å². The molecule has 37 heavy (non-hydrogen) atoms. The number of benzene rings is 4. The number of aliphatic carboxylic acids is 1. The van der Waals surface area contributed by atoms with Crippen molar-refractivity contribution in [3.05, 3.63) is 96.1 Å². The number of nitrogens with one attached hydrogen (secondary N) is 1. The van der Waals surface area contributed by atoms with Gasteiger partial charge in [0, 0.05) is 17.3 Å². The molecule has 2 atom stereocenters. The molecule has 4 aromatic carbocycles. The first-order chi connectivity index (χ1) is 18.0. The van der Waals surface area contributed by atoms with Gasteiger partial charge in [-0.3, -0.25) is 0 Å². The highest BCUT2D eigenvalue weighted by Gasteiger charge is 2.28. The number of rotatable bonds is 9. The van der Waals surface area contributed by atoms with Crippen molar-refractivity contribution >= 4 is 28.1 Å². The van der Waals surface area contributed by atoms with E-state index in [-0.39, 0.29) is 18.8 Å². The van der Waals surface area contributed by atoms with Gasteiger partial charge in [-0.2, -0.15) is 0 Å². The number of para-hydroxylation sites is 2. The summed E-state index contributed by atoms with van der Waals surface area (Å²) >= 11 is 0. The van der Waals surface area contributed by atoms with Crippen molar-refractivity contribution < 1.29 is 19.4 Å². The van der Waals surface area contributed by atoms with Gasteiger partial charge in [-0.1, -0.05) is 60.7 Å². The minimum Gasteiger partial charge on any atom is -0.486 e. The number of anilines is 2. The Morgan fingerprint density at radius 2 is 1.76 bits per heavy atom. The van der Waals surface area contributed by atoms with Gasteiger partial charge in [0.1, 0.15) is 17.6 Å². The third-order valence-electron chi connectivity index (χ3n) is 6.94. The van der Waals surface area contributed by atoms with Crippen LogP contribution in [0, 0.1) is 6.92 Å². The molecule has 5 rings (SSSR count). The van der Waals surface area contributed by atoms with Crippen molar-refractivity contribution in [2.45, 2.75) is 32.4 Å². The fourth-order valence-electron chi connectivity index (χ4n) is 5.07. The van der Waals surface area contributed by atoms with E-state index in [0.29, 0.717) is 12.3 Å². The summed E-state index contributed by atoms with van der Waals surface area (Å²) < 4.78 is 11.9. The van der Waals surface area contributed by atoms with Crippen molar-refractivity contribution in [3.8, 4) is 11.5 Å². The SMILES string of the molecule is Cc1c(OCC(=O)O)cccc1N1CC(CCN[C@H](C)c2cccc3ccccc23)Oc2ccccc21. The Bertz CT molecular complexity index is 1400. The largest absolute Gasteiger partial charge is 0.486 e. The molecule has 4 aromatic rings. The second kappa shape index (κ2) is 10.9. The molecule has 0 bridgehead atoms. The van der Waals surface area contributed by atoms with E-state index in [9.17, 15) is 4.79 Å². The number of nitrogens with zero attached hydrogens (tertiary/aromatic N) is 1. The number of hydrogen-bond acceptors (Lipinski definition) is 5. The zero-order valence-corrected chi connectivity index (χ0v) is 21.2. The molecule has 1 unspecified atom stereocenters. The first kappa shape index (κ1) is 24.7. The van der Waals surface area contributed by atoms with Crippen LogP contribution in [0.4, 0.5) is 11.4 Å². The molecular formula is C31H32N2O4.